The lowest BCUT2D eigenvalue weighted by molar-refractivity contribution is -0.658. The van der Waals surface area contributed by atoms with E-state index in [1.807, 2.05) is 0 Å². The predicted octanol–water partition coefficient (Wildman–Crippen LogP) is 0.692. The molecule has 2 aliphatic heterocycles. The monoisotopic (exact) mass is 82.1 g/mol. The van der Waals surface area contributed by atoms with Gasteiger partial charge in [0.1, 0.15) is 0 Å². The molecule has 0 amide bonds. The number of hydrogen-bond donors (Lipinski definition) is 0. The van der Waals surface area contributed by atoms with E-state index in [2.05, 4.69) is 14.0 Å². The van der Waals surface area contributed by atoms with Crippen LogP contribution in [0, 0.1) is 0 Å². The maximum absolute atomic E-state index is 2.25. The number of allylic oxidation sites excluding steroid dienone is 1. The average Bonchev–Trinajstić information content (AvgIpc) is 2.24. The van der Waals surface area contributed by atoms with Gasteiger partial charge in [-0.3, -0.25) is 0 Å². The summed E-state index contributed by atoms with van der Waals surface area (Å²) in [6.07, 6.45) is 0. The summed E-state index contributed by atoms with van der Waals surface area (Å²) in [5, 5.41) is 0. The third kappa shape index (κ3) is 0.0967. The number of likely N-dealkylation sites (N-methyl/N-ethyl adjacent to an activating group) is 1. The molecule has 0 aromatic carbocycles. The molecule has 2 aliphatic rings. The minimum atomic E-state index is 1.24. The molecular weight excluding hydrogens is 74.1 g/mol. The molecule has 6 heavy (non-hydrogen) atoms. The number of fused-ring (bicyclic) bond motifs is 1. The van der Waals surface area contributed by atoms with E-state index in [0.29, 0.717) is 0 Å². The fourth-order valence-electron chi connectivity index (χ4n) is 0.992. The van der Waals surface area contributed by atoms with Crippen LogP contribution in [0.1, 0.15) is 6.92 Å². The maximum atomic E-state index is 2.25. The highest BCUT2D eigenvalue weighted by Gasteiger charge is 2.67. The quantitative estimate of drug-likeness (QED) is 0.298. The highest BCUT2D eigenvalue weighted by molar-refractivity contribution is 5.28. The highest BCUT2D eigenvalue weighted by atomic mass is 15.6. The lowest BCUT2D eigenvalue weighted by Gasteiger charge is -1.89. The van der Waals surface area contributed by atoms with Crippen LogP contribution in [0.2, 0.25) is 0 Å². The molecule has 2 heterocycles. The minimum Gasteiger partial charge on any atom is -0.245 e. The van der Waals surface area contributed by atoms with Crippen LogP contribution in [0.15, 0.2) is 11.4 Å². The van der Waals surface area contributed by atoms with Gasteiger partial charge >= 0.3 is 0 Å². The van der Waals surface area contributed by atoms with Gasteiger partial charge in [0.15, 0.2) is 12.2 Å². The molecule has 0 saturated carbocycles. The molecule has 0 bridgehead atoms. The second-order valence-corrected chi connectivity index (χ2v) is 2.38. The molecule has 0 aliphatic carbocycles. The molecule has 2 rings (SSSR count). The highest BCUT2D eigenvalue weighted by Crippen LogP contribution is 2.55. The van der Waals surface area contributed by atoms with Crippen LogP contribution in [0.3, 0.4) is 0 Å². The number of hydrogen-bond acceptors (Lipinski definition) is 0. The first kappa shape index (κ1) is 2.80. The van der Waals surface area contributed by atoms with E-state index in [-0.39, 0.29) is 0 Å². The van der Waals surface area contributed by atoms with Crippen molar-refractivity contribution >= 4 is 0 Å². The molecule has 1 saturated heterocycles. The Balaban J connectivity index is 2.44. The number of rotatable bonds is 0. The lowest BCUT2D eigenvalue weighted by Crippen LogP contribution is -2.02. The fourth-order valence-corrected chi connectivity index (χ4v) is 0.992. The molecule has 32 valence electrons. The normalized spacial score (nSPS) is 49.0. The second-order valence-electron chi connectivity index (χ2n) is 2.38. The Hall–Kier alpha value is -0.300. The average molecular weight is 82.1 g/mol. The van der Waals surface area contributed by atoms with Crippen molar-refractivity contribution in [3.05, 3.63) is 11.4 Å². The van der Waals surface area contributed by atoms with Crippen molar-refractivity contribution in [2.24, 2.45) is 0 Å². The molecule has 1 heteroatoms. The van der Waals surface area contributed by atoms with Gasteiger partial charge < -0.3 is 0 Å². The van der Waals surface area contributed by atoms with Gasteiger partial charge in [0.25, 0.3) is 0 Å². The van der Waals surface area contributed by atoms with Gasteiger partial charge in [0.05, 0.1) is 7.05 Å². The Bertz CT molecular complexity index is 138. The summed E-state index contributed by atoms with van der Waals surface area (Å²) in [7, 11) is 2.25. The Kier molecular flexibility index (Phi) is 0.186. The second kappa shape index (κ2) is 0.399. The first-order valence-corrected chi connectivity index (χ1v) is 2.31. The number of nitrogens with zero attached hydrogens (tertiary/aromatic N) is 1. The molecule has 0 spiro atoms. The van der Waals surface area contributed by atoms with Crippen LogP contribution >= 0.6 is 0 Å². The van der Waals surface area contributed by atoms with E-state index in [4.69, 9.17) is 0 Å². The zero-order valence-electron chi connectivity index (χ0n) is 4.15. The lowest BCUT2D eigenvalue weighted by atomic mass is 10.5. The topological polar surface area (TPSA) is 0 Å². The largest absolute Gasteiger partial charge is 0.245 e. The van der Waals surface area contributed by atoms with Gasteiger partial charge in [-0.25, -0.2) is 4.48 Å². The van der Waals surface area contributed by atoms with Crippen LogP contribution in [0.25, 0.3) is 0 Å². The van der Waals surface area contributed by atoms with Crippen molar-refractivity contribution in [3.8, 4) is 0 Å². The predicted molar refractivity (Wildman–Crippen MR) is 23.8 cm³/mol. The smallest absolute Gasteiger partial charge is 0.227 e. The molecule has 0 radical (unpaired) electrons. The van der Waals surface area contributed by atoms with E-state index >= 15 is 0 Å². The first-order chi connectivity index (χ1) is 2.75. The summed E-state index contributed by atoms with van der Waals surface area (Å²) in [6.45, 7) is 3.56. The van der Waals surface area contributed by atoms with Crippen molar-refractivity contribution in [1.82, 2.24) is 0 Å². The van der Waals surface area contributed by atoms with Gasteiger partial charge in [-0.15, -0.1) is 0 Å². The Morgan fingerprint density at radius 3 is 2.00 bits per heavy atom. The van der Waals surface area contributed by atoms with Crippen LogP contribution in [0.5, 0.6) is 0 Å². The van der Waals surface area contributed by atoms with E-state index < -0.39 is 0 Å². The molecule has 1 fully saturated rings. The van der Waals surface area contributed by atoms with E-state index in [1.165, 1.54) is 11.0 Å². The van der Waals surface area contributed by atoms with Gasteiger partial charge in [0, 0.05) is 6.92 Å². The molecule has 1 nitrogen and oxygen atoms in total. The zero-order valence-corrected chi connectivity index (χ0v) is 4.15. The van der Waals surface area contributed by atoms with Gasteiger partial charge in [-0.2, -0.15) is 0 Å². The Labute approximate surface area is 37.5 Å². The SMILES string of the molecule is CC1=C2C[N+]12C. The van der Waals surface area contributed by atoms with E-state index in [1.54, 1.807) is 11.4 Å². The molecular formula is C5H8N+. The molecule has 1 unspecified atom stereocenters. The van der Waals surface area contributed by atoms with Crippen molar-refractivity contribution in [2.75, 3.05) is 13.6 Å². The van der Waals surface area contributed by atoms with Crippen molar-refractivity contribution in [3.63, 3.8) is 0 Å². The van der Waals surface area contributed by atoms with Crippen LogP contribution in [-0.2, 0) is 0 Å². The minimum absolute atomic E-state index is 1.24. The zero-order chi connectivity index (χ0) is 4.36. The fraction of sp³-hybridized carbons (Fsp3) is 0.600. The van der Waals surface area contributed by atoms with Gasteiger partial charge in [-0.1, -0.05) is 0 Å². The summed E-state index contributed by atoms with van der Waals surface area (Å²) < 4.78 is 1.24. The van der Waals surface area contributed by atoms with Crippen LogP contribution in [-0.4, -0.2) is 18.1 Å². The molecule has 0 aromatic rings. The first-order valence-electron chi connectivity index (χ1n) is 2.31. The van der Waals surface area contributed by atoms with E-state index in [0.717, 1.165) is 0 Å². The third-order valence-electron chi connectivity index (χ3n) is 2.07. The van der Waals surface area contributed by atoms with Crippen LogP contribution in [0.4, 0.5) is 0 Å². The summed E-state index contributed by atoms with van der Waals surface area (Å²) in [6, 6.07) is 0. The van der Waals surface area contributed by atoms with Gasteiger partial charge in [-0.05, 0) is 0 Å². The standard InChI is InChI=1S/C5H8N/c1-4-5-3-6(4,5)2/h3H2,1-2H3/q+1. The summed E-state index contributed by atoms with van der Waals surface area (Å²) in [5.41, 5.74) is 3.28. The summed E-state index contributed by atoms with van der Waals surface area (Å²) in [4.78, 5) is 0. The third-order valence-corrected chi connectivity index (χ3v) is 2.07. The van der Waals surface area contributed by atoms with Crippen LogP contribution < -0.4 is 0 Å². The van der Waals surface area contributed by atoms with Crippen molar-refractivity contribution in [2.45, 2.75) is 6.92 Å². The summed E-state index contributed by atoms with van der Waals surface area (Å²) >= 11 is 0. The van der Waals surface area contributed by atoms with Crippen molar-refractivity contribution in [1.29, 1.82) is 0 Å². The Morgan fingerprint density at radius 1 is 1.67 bits per heavy atom. The molecule has 0 aromatic heterocycles. The van der Waals surface area contributed by atoms with Crippen molar-refractivity contribution < 1.29 is 4.48 Å². The van der Waals surface area contributed by atoms with E-state index in [9.17, 15) is 0 Å². The Morgan fingerprint density at radius 2 is 2.00 bits per heavy atom. The number of quaternary nitrogens is 1. The molecule has 1 atom stereocenters. The summed E-state index contributed by atoms with van der Waals surface area (Å²) in [5.74, 6) is 0. The van der Waals surface area contributed by atoms with Gasteiger partial charge in [0.2, 0.25) is 5.70 Å². The maximum Gasteiger partial charge on any atom is 0.227 e. The molecule has 0 N–H and O–H groups in total.